The summed E-state index contributed by atoms with van der Waals surface area (Å²) in [5, 5.41) is 2.53. The molecule has 108 valence electrons. The van der Waals surface area contributed by atoms with Gasteiger partial charge in [0.15, 0.2) is 0 Å². The Labute approximate surface area is 128 Å². The van der Waals surface area contributed by atoms with Crippen molar-refractivity contribution in [2.24, 2.45) is 0 Å². The van der Waals surface area contributed by atoms with Crippen molar-refractivity contribution in [2.45, 2.75) is 18.7 Å². The molecule has 0 spiro atoms. The summed E-state index contributed by atoms with van der Waals surface area (Å²) in [4.78, 5) is 11.4. The van der Waals surface area contributed by atoms with E-state index in [0.29, 0.717) is 13.0 Å². The molecule has 0 bridgehead atoms. The number of halogens is 1. The summed E-state index contributed by atoms with van der Waals surface area (Å²) < 4.78 is 5.64. The zero-order valence-corrected chi connectivity index (χ0v) is 12.5. The highest BCUT2D eigenvalue weighted by molar-refractivity contribution is 6.22. The SMILES string of the molecule is CCOc1ccccc1C(Cl)c1ccc2c(c1)CC(=O)N2. The molecule has 1 atom stereocenters. The van der Waals surface area contributed by atoms with E-state index in [2.05, 4.69) is 5.32 Å². The van der Waals surface area contributed by atoms with E-state index < -0.39 is 0 Å². The third-order valence-electron chi connectivity index (χ3n) is 3.54. The van der Waals surface area contributed by atoms with Crippen LogP contribution in [-0.2, 0) is 11.2 Å². The molecule has 0 radical (unpaired) electrons. The maximum Gasteiger partial charge on any atom is 0.228 e. The van der Waals surface area contributed by atoms with E-state index in [0.717, 1.165) is 28.1 Å². The van der Waals surface area contributed by atoms with Crippen molar-refractivity contribution in [3.63, 3.8) is 0 Å². The molecular weight excluding hydrogens is 286 g/mol. The molecule has 1 unspecified atom stereocenters. The van der Waals surface area contributed by atoms with Gasteiger partial charge in [0.05, 0.1) is 18.4 Å². The number of alkyl halides is 1. The van der Waals surface area contributed by atoms with Crippen molar-refractivity contribution in [1.29, 1.82) is 0 Å². The zero-order chi connectivity index (χ0) is 14.8. The van der Waals surface area contributed by atoms with Gasteiger partial charge in [0.2, 0.25) is 5.91 Å². The number of rotatable bonds is 4. The summed E-state index contributed by atoms with van der Waals surface area (Å²) in [7, 11) is 0. The van der Waals surface area contributed by atoms with Crippen LogP contribution >= 0.6 is 11.6 Å². The number of hydrogen-bond donors (Lipinski definition) is 1. The van der Waals surface area contributed by atoms with E-state index in [9.17, 15) is 4.79 Å². The molecule has 0 saturated carbocycles. The summed E-state index contributed by atoms with van der Waals surface area (Å²) in [5.74, 6) is 0.831. The summed E-state index contributed by atoms with van der Waals surface area (Å²) in [6.07, 6.45) is 0.417. The number of fused-ring (bicyclic) bond motifs is 1. The number of para-hydroxylation sites is 1. The van der Waals surface area contributed by atoms with E-state index in [1.807, 2.05) is 49.4 Å². The summed E-state index contributed by atoms with van der Waals surface area (Å²) in [5.41, 5.74) is 3.79. The van der Waals surface area contributed by atoms with Crippen LogP contribution in [0.2, 0.25) is 0 Å². The fourth-order valence-electron chi connectivity index (χ4n) is 2.56. The van der Waals surface area contributed by atoms with Crippen LogP contribution in [0.15, 0.2) is 42.5 Å². The first-order valence-corrected chi connectivity index (χ1v) is 7.41. The smallest absolute Gasteiger partial charge is 0.228 e. The molecule has 1 aliphatic rings. The van der Waals surface area contributed by atoms with Gasteiger partial charge in [0, 0.05) is 11.3 Å². The van der Waals surface area contributed by atoms with Crippen LogP contribution < -0.4 is 10.1 Å². The Hall–Kier alpha value is -2.00. The summed E-state index contributed by atoms with van der Waals surface area (Å²) in [6, 6.07) is 13.6. The van der Waals surface area contributed by atoms with Gasteiger partial charge in [-0.3, -0.25) is 4.79 Å². The number of hydrogen-bond acceptors (Lipinski definition) is 2. The third-order valence-corrected chi connectivity index (χ3v) is 4.03. The van der Waals surface area contributed by atoms with Gasteiger partial charge in [-0.1, -0.05) is 30.3 Å². The summed E-state index contributed by atoms with van der Waals surface area (Å²) >= 11 is 6.63. The first kappa shape index (κ1) is 14.0. The minimum absolute atomic E-state index is 0.0305. The molecule has 0 aliphatic carbocycles. The fraction of sp³-hybridized carbons (Fsp3) is 0.235. The van der Waals surface area contributed by atoms with Gasteiger partial charge in [-0.05, 0) is 30.2 Å². The molecule has 0 saturated heterocycles. The first-order valence-electron chi connectivity index (χ1n) is 6.97. The Morgan fingerprint density at radius 3 is 2.90 bits per heavy atom. The largest absolute Gasteiger partial charge is 0.494 e. The molecule has 0 fully saturated rings. The number of ether oxygens (including phenoxy) is 1. The standard InChI is InChI=1S/C17H16ClNO2/c1-2-21-15-6-4-3-5-13(15)17(18)11-7-8-14-12(9-11)10-16(20)19-14/h3-9,17H,2,10H2,1H3,(H,19,20). The molecule has 0 aromatic heterocycles. The topological polar surface area (TPSA) is 38.3 Å². The lowest BCUT2D eigenvalue weighted by atomic mass is 10.0. The van der Waals surface area contributed by atoms with Crippen molar-refractivity contribution in [2.75, 3.05) is 11.9 Å². The lowest BCUT2D eigenvalue weighted by molar-refractivity contribution is -0.115. The monoisotopic (exact) mass is 301 g/mol. The highest BCUT2D eigenvalue weighted by Crippen LogP contribution is 2.37. The molecule has 2 aromatic carbocycles. The van der Waals surface area contributed by atoms with Crippen molar-refractivity contribution in [3.8, 4) is 5.75 Å². The quantitative estimate of drug-likeness (QED) is 0.870. The molecule has 1 aliphatic heterocycles. The Bertz CT molecular complexity index is 684. The van der Waals surface area contributed by atoms with E-state index in [-0.39, 0.29) is 11.3 Å². The minimum Gasteiger partial charge on any atom is -0.494 e. The summed E-state index contributed by atoms with van der Waals surface area (Å²) in [6.45, 7) is 2.55. The fourth-order valence-corrected chi connectivity index (χ4v) is 2.88. The number of nitrogens with one attached hydrogen (secondary N) is 1. The van der Waals surface area contributed by atoms with Gasteiger partial charge in [-0.15, -0.1) is 11.6 Å². The van der Waals surface area contributed by atoms with Crippen LogP contribution in [0.5, 0.6) is 5.75 Å². The number of carbonyl (C=O) groups excluding carboxylic acids is 1. The van der Waals surface area contributed by atoms with Gasteiger partial charge in [0.1, 0.15) is 5.75 Å². The van der Waals surface area contributed by atoms with Crippen LogP contribution in [0.4, 0.5) is 5.69 Å². The normalized spacial score (nSPS) is 14.5. The molecule has 3 rings (SSSR count). The van der Waals surface area contributed by atoms with Crippen molar-refractivity contribution >= 4 is 23.2 Å². The number of amides is 1. The minimum atomic E-state index is -0.297. The van der Waals surface area contributed by atoms with Gasteiger partial charge >= 0.3 is 0 Å². The van der Waals surface area contributed by atoms with Gasteiger partial charge in [-0.25, -0.2) is 0 Å². The highest BCUT2D eigenvalue weighted by Gasteiger charge is 2.21. The predicted molar refractivity (Wildman–Crippen MR) is 84.1 cm³/mol. The molecule has 21 heavy (non-hydrogen) atoms. The molecule has 1 amide bonds. The second-order valence-electron chi connectivity index (χ2n) is 4.97. The zero-order valence-electron chi connectivity index (χ0n) is 11.7. The van der Waals surface area contributed by atoms with E-state index >= 15 is 0 Å². The van der Waals surface area contributed by atoms with Gasteiger partial charge in [0.25, 0.3) is 0 Å². The van der Waals surface area contributed by atoms with Crippen LogP contribution in [0.1, 0.15) is 29.0 Å². The Morgan fingerprint density at radius 2 is 2.10 bits per heavy atom. The van der Waals surface area contributed by atoms with Crippen molar-refractivity contribution in [1.82, 2.24) is 0 Å². The molecule has 3 nitrogen and oxygen atoms in total. The molecule has 2 aromatic rings. The number of carbonyl (C=O) groups is 1. The number of benzene rings is 2. The van der Waals surface area contributed by atoms with Crippen LogP contribution in [-0.4, -0.2) is 12.5 Å². The molecular formula is C17H16ClNO2. The van der Waals surface area contributed by atoms with Crippen molar-refractivity contribution in [3.05, 3.63) is 59.2 Å². The van der Waals surface area contributed by atoms with Gasteiger partial charge in [-0.2, -0.15) is 0 Å². The Balaban J connectivity index is 1.94. The first-order chi connectivity index (χ1) is 10.2. The molecule has 4 heteroatoms. The second-order valence-corrected chi connectivity index (χ2v) is 5.41. The predicted octanol–water partition coefficient (Wildman–Crippen LogP) is 3.91. The number of anilines is 1. The maximum absolute atomic E-state index is 11.4. The lowest BCUT2D eigenvalue weighted by Gasteiger charge is -2.16. The molecule has 1 heterocycles. The third kappa shape index (κ3) is 2.74. The average molecular weight is 302 g/mol. The van der Waals surface area contributed by atoms with Crippen LogP contribution in [0.3, 0.4) is 0 Å². The van der Waals surface area contributed by atoms with Crippen LogP contribution in [0.25, 0.3) is 0 Å². The Morgan fingerprint density at radius 1 is 1.29 bits per heavy atom. The van der Waals surface area contributed by atoms with E-state index in [1.54, 1.807) is 0 Å². The van der Waals surface area contributed by atoms with Crippen molar-refractivity contribution < 1.29 is 9.53 Å². The van der Waals surface area contributed by atoms with Crippen LogP contribution in [0, 0.1) is 0 Å². The van der Waals surface area contributed by atoms with E-state index in [1.165, 1.54) is 0 Å². The average Bonchev–Trinajstić information content (AvgIpc) is 2.86. The highest BCUT2D eigenvalue weighted by atomic mass is 35.5. The van der Waals surface area contributed by atoms with Gasteiger partial charge < -0.3 is 10.1 Å². The lowest BCUT2D eigenvalue weighted by Crippen LogP contribution is -2.03. The molecule has 1 N–H and O–H groups in total. The van der Waals surface area contributed by atoms with E-state index in [4.69, 9.17) is 16.3 Å². The maximum atomic E-state index is 11.4. The second kappa shape index (κ2) is 5.78. The Kier molecular flexibility index (Phi) is 3.84.